The van der Waals surface area contributed by atoms with Crippen LogP contribution in [0.5, 0.6) is 5.75 Å². The van der Waals surface area contributed by atoms with E-state index < -0.39 is 0 Å². The summed E-state index contributed by atoms with van der Waals surface area (Å²) < 4.78 is 5.25. The average Bonchev–Trinajstić information content (AvgIpc) is 3.13. The zero-order valence-electron chi connectivity index (χ0n) is 16.7. The number of methoxy groups -OCH3 is 1. The largest absolute Gasteiger partial charge is 0.497 e. The summed E-state index contributed by atoms with van der Waals surface area (Å²) in [5.74, 6) is 0.544. The molecule has 1 aliphatic heterocycles. The van der Waals surface area contributed by atoms with E-state index in [9.17, 15) is 9.59 Å². The van der Waals surface area contributed by atoms with Gasteiger partial charge in [0.05, 0.1) is 31.8 Å². The maximum atomic E-state index is 13.1. The first kappa shape index (κ1) is 19.6. The van der Waals surface area contributed by atoms with Gasteiger partial charge in [0, 0.05) is 18.3 Å². The molecule has 1 aromatic heterocycles. The predicted molar refractivity (Wildman–Crippen MR) is 113 cm³/mol. The monoisotopic (exact) mass is 401 g/mol. The molecule has 0 aliphatic carbocycles. The number of ether oxygens (including phenoxy) is 1. The number of fused-ring (bicyclic) bond motifs is 1. The first-order valence-corrected chi connectivity index (χ1v) is 9.85. The van der Waals surface area contributed by atoms with Gasteiger partial charge in [-0.2, -0.15) is 0 Å². The first-order valence-electron chi connectivity index (χ1n) is 9.85. The molecule has 1 unspecified atom stereocenters. The third kappa shape index (κ3) is 4.17. The fourth-order valence-corrected chi connectivity index (χ4v) is 3.70. The van der Waals surface area contributed by atoms with Gasteiger partial charge < -0.3 is 15.0 Å². The second-order valence-electron chi connectivity index (χ2n) is 7.18. The molecule has 2 heterocycles. The molecular weight excluding hydrogens is 378 g/mol. The Morgan fingerprint density at radius 3 is 2.57 bits per heavy atom. The van der Waals surface area contributed by atoms with Crippen LogP contribution in [-0.2, 0) is 17.9 Å². The Bertz CT molecular complexity index is 1040. The highest BCUT2D eigenvalue weighted by Gasteiger charge is 2.34. The van der Waals surface area contributed by atoms with Gasteiger partial charge in [-0.15, -0.1) is 0 Å². The summed E-state index contributed by atoms with van der Waals surface area (Å²) in [6.07, 6.45) is 1.86. The zero-order valence-corrected chi connectivity index (χ0v) is 16.7. The smallest absolute Gasteiger partial charge is 0.255 e. The minimum Gasteiger partial charge on any atom is -0.497 e. The number of carbonyl (C=O) groups is 2. The van der Waals surface area contributed by atoms with Crippen molar-refractivity contribution < 1.29 is 14.3 Å². The number of pyridine rings is 1. The summed E-state index contributed by atoms with van der Waals surface area (Å²) in [5.41, 5.74) is 3.36. The van der Waals surface area contributed by atoms with E-state index in [0.29, 0.717) is 18.7 Å². The number of hydrogen-bond acceptors (Lipinski definition) is 4. The molecule has 1 N–H and O–H groups in total. The predicted octanol–water partition coefficient (Wildman–Crippen LogP) is 3.49. The summed E-state index contributed by atoms with van der Waals surface area (Å²) in [4.78, 5) is 31.8. The molecular formula is C24H23N3O3. The van der Waals surface area contributed by atoms with Crippen LogP contribution in [0.1, 0.15) is 39.6 Å². The lowest BCUT2D eigenvalue weighted by atomic mass is 10.0. The molecule has 152 valence electrons. The second-order valence-corrected chi connectivity index (χ2v) is 7.18. The number of nitrogens with zero attached hydrogens (tertiary/aromatic N) is 2. The van der Waals surface area contributed by atoms with Crippen LogP contribution in [0.25, 0.3) is 0 Å². The standard InChI is InChI=1S/C24H23N3O3/c1-30-20-11-9-17(10-12-20)22(14-23(28)26-15-19-7-4-5-13-25-19)27-16-18-6-2-3-8-21(18)24(27)29/h2-13,22H,14-16H2,1H3,(H,26,28). The van der Waals surface area contributed by atoms with Crippen molar-refractivity contribution >= 4 is 11.8 Å². The number of aromatic nitrogens is 1. The van der Waals surface area contributed by atoms with Crippen LogP contribution >= 0.6 is 0 Å². The molecule has 4 rings (SSSR count). The highest BCUT2D eigenvalue weighted by molar-refractivity contribution is 5.98. The molecule has 2 amide bonds. The van der Waals surface area contributed by atoms with Gasteiger partial charge in [0.2, 0.25) is 5.91 Å². The molecule has 30 heavy (non-hydrogen) atoms. The topological polar surface area (TPSA) is 71.5 Å². The number of rotatable bonds is 7. The van der Waals surface area contributed by atoms with Gasteiger partial charge in [0.25, 0.3) is 5.91 Å². The molecule has 0 bridgehead atoms. The Hall–Kier alpha value is -3.67. The third-order valence-corrected chi connectivity index (χ3v) is 5.30. The number of amides is 2. The van der Waals surface area contributed by atoms with Crippen molar-refractivity contribution in [3.05, 3.63) is 95.3 Å². The third-order valence-electron chi connectivity index (χ3n) is 5.30. The van der Waals surface area contributed by atoms with E-state index in [1.54, 1.807) is 18.2 Å². The molecule has 6 nitrogen and oxygen atoms in total. The summed E-state index contributed by atoms with van der Waals surface area (Å²) >= 11 is 0. The summed E-state index contributed by atoms with van der Waals surface area (Å²) in [6, 6.07) is 20.3. The minimum absolute atomic E-state index is 0.0519. The zero-order chi connectivity index (χ0) is 20.9. The van der Waals surface area contributed by atoms with Crippen molar-refractivity contribution in [1.29, 1.82) is 0 Å². The molecule has 0 saturated carbocycles. The Morgan fingerprint density at radius 1 is 1.10 bits per heavy atom. The molecule has 6 heteroatoms. The number of carbonyl (C=O) groups excluding carboxylic acids is 2. The van der Waals surface area contributed by atoms with Gasteiger partial charge in [0.1, 0.15) is 5.75 Å². The van der Waals surface area contributed by atoms with E-state index in [0.717, 1.165) is 22.6 Å². The van der Waals surface area contributed by atoms with Crippen molar-refractivity contribution in [3.8, 4) is 5.75 Å². The van der Waals surface area contributed by atoms with Crippen molar-refractivity contribution in [3.63, 3.8) is 0 Å². The van der Waals surface area contributed by atoms with Crippen LogP contribution < -0.4 is 10.1 Å². The highest BCUT2D eigenvalue weighted by atomic mass is 16.5. The summed E-state index contributed by atoms with van der Waals surface area (Å²) in [5, 5.41) is 2.92. The van der Waals surface area contributed by atoms with Crippen LogP contribution in [0.2, 0.25) is 0 Å². The van der Waals surface area contributed by atoms with Gasteiger partial charge in [-0.05, 0) is 41.5 Å². The van der Waals surface area contributed by atoms with E-state index in [1.165, 1.54) is 0 Å². The van der Waals surface area contributed by atoms with Crippen molar-refractivity contribution in [2.24, 2.45) is 0 Å². The van der Waals surface area contributed by atoms with E-state index in [4.69, 9.17) is 4.74 Å². The Morgan fingerprint density at radius 2 is 1.87 bits per heavy atom. The lowest BCUT2D eigenvalue weighted by molar-refractivity contribution is -0.122. The van der Waals surface area contributed by atoms with Gasteiger partial charge in [-0.3, -0.25) is 14.6 Å². The van der Waals surface area contributed by atoms with Gasteiger partial charge >= 0.3 is 0 Å². The van der Waals surface area contributed by atoms with Crippen LogP contribution in [0.15, 0.2) is 72.9 Å². The summed E-state index contributed by atoms with van der Waals surface area (Å²) in [6.45, 7) is 0.836. The normalized spacial score (nSPS) is 13.6. The van der Waals surface area contributed by atoms with Crippen LogP contribution in [0.4, 0.5) is 0 Å². The van der Waals surface area contributed by atoms with Gasteiger partial charge in [-0.25, -0.2) is 0 Å². The van der Waals surface area contributed by atoms with Crippen LogP contribution in [0.3, 0.4) is 0 Å². The fraction of sp³-hybridized carbons (Fsp3) is 0.208. The molecule has 2 aromatic carbocycles. The van der Waals surface area contributed by atoms with Gasteiger partial charge in [-0.1, -0.05) is 36.4 Å². The first-order chi connectivity index (χ1) is 14.7. The Kier molecular flexibility index (Phi) is 5.75. The Balaban J connectivity index is 1.54. The lowest BCUT2D eigenvalue weighted by Crippen LogP contribution is -2.34. The maximum absolute atomic E-state index is 13.1. The number of hydrogen-bond donors (Lipinski definition) is 1. The van der Waals surface area contributed by atoms with E-state index in [1.807, 2.05) is 66.7 Å². The average molecular weight is 401 g/mol. The summed E-state index contributed by atoms with van der Waals surface area (Å²) in [7, 11) is 1.61. The van der Waals surface area contributed by atoms with Crippen LogP contribution in [0, 0.1) is 0 Å². The van der Waals surface area contributed by atoms with Crippen LogP contribution in [-0.4, -0.2) is 28.8 Å². The van der Waals surface area contributed by atoms with Crippen molar-refractivity contribution in [2.75, 3.05) is 7.11 Å². The number of benzene rings is 2. The maximum Gasteiger partial charge on any atom is 0.255 e. The molecule has 0 radical (unpaired) electrons. The Labute approximate surface area is 175 Å². The lowest BCUT2D eigenvalue weighted by Gasteiger charge is -2.28. The van der Waals surface area contributed by atoms with Crippen molar-refractivity contribution in [2.45, 2.75) is 25.6 Å². The SMILES string of the molecule is COc1ccc(C(CC(=O)NCc2ccccn2)N2Cc3ccccc3C2=O)cc1. The molecule has 0 spiro atoms. The molecule has 1 aliphatic rings. The van der Waals surface area contributed by atoms with E-state index in [2.05, 4.69) is 10.3 Å². The highest BCUT2D eigenvalue weighted by Crippen LogP contribution is 2.34. The van der Waals surface area contributed by atoms with Gasteiger partial charge in [0.15, 0.2) is 0 Å². The second kappa shape index (κ2) is 8.78. The number of nitrogens with one attached hydrogen (secondary N) is 1. The molecule has 1 atom stereocenters. The van der Waals surface area contributed by atoms with Crippen molar-refractivity contribution in [1.82, 2.24) is 15.2 Å². The van der Waals surface area contributed by atoms with E-state index >= 15 is 0 Å². The molecule has 0 saturated heterocycles. The fourth-order valence-electron chi connectivity index (χ4n) is 3.70. The quantitative estimate of drug-likeness (QED) is 0.658. The molecule has 3 aromatic rings. The van der Waals surface area contributed by atoms with E-state index in [-0.39, 0.29) is 24.3 Å². The minimum atomic E-state index is -0.375. The molecule has 0 fully saturated rings.